The third kappa shape index (κ3) is 4.76. The molecular formula is C13H16F3N3O3. The van der Waals surface area contributed by atoms with Crippen LogP contribution in [0.3, 0.4) is 0 Å². The Balaban J connectivity index is 1.73. The molecule has 0 aromatic carbocycles. The van der Waals surface area contributed by atoms with Crippen LogP contribution in [0.2, 0.25) is 0 Å². The summed E-state index contributed by atoms with van der Waals surface area (Å²) < 4.78 is 41.0. The van der Waals surface area contributed by atoms with E-state index in [1.54, 1.807) is 21.9 Å². The molecule has 1 aliphatic rings. The Labute approximate surface area is 124 Å². The first kappa shape index (κ1) is 16.3. The lowest BCUT2D eigenvalue weighted by Crippen LogP contribution is -2.51. The summed E-state index contributed by atoms with van der Waals surface area (Å²) in [6.07, 6.45) is -3.00. The third-order valence-corrected chi connectivity index (χ3v) is 3.24. The molecule has 0 bridgehead atoms. The first-order valence-corrected chi connectivity index (χ1v) is 6.74. The predicted molar refractivity (Wildman–Crippen MR) is 70.1 cm³/mol. The van der Waals surface area contributed by atoms with Gasteiger partial charge in [0.15, 0.2) is 5.76 Å². The number of hydrogen-bond acceptors (Lipinski definition) is 4. The number of carbonyl (C=O) groups excluding carboxylic acids is 2. The second-order valence-corrected chi connectivity index (χ2v) is 4.94. The zero-order chi connectivity index (χ0) is 16.2. The van der Waals surface area contributed by atoms with E-state index >= 15 is 0 Å². The number of hydrogen-bond donors (Lipinski definition) is 1. The van der Waals surface area contributed by atoms with Gasteiger partial charge >= 0.3 is 6.18 Å². The van der Waals surface area contributed by atoms with Crippen molar-refractivity contribution in [1.82, 2.24) is 15.1 Å². The van der Waals surface area contributed by atoms with Crippen molar-refractivity contribution in [2.75, 3.05) is 39.3 Å². The lowest BCUT2D eigenvalue weighted by Gasteiger charge is -2.33. The molecule has 0 saturated carbocycles. The van der Waals surface area contributed by atoms with E-state index in [0.717, 1.165) is 0 Å². The monoisotopic (exact) mass is 319 g/mol. The molecule has 1 fully saturated rings. The van der Waals surface area contributed by atoms with Gasteiger partial charge in [0.05, 0.1) is 12.8 Å². The Kier molecular flexibility index (Phi) is 5.07. The standard InChI is InChI=1S/C13H16F3N3O3/c14-13(15,16)9-17-11(20)8-18-3-5-19(6-4-18)12(21)10-2-1-7-22-10/h1-2,7H,3-6,8-9H2,(H,17,20). The summed E-state index contributed by atoms with van der Waals surface area (Å²) >= 11 is 0. The van der Waals surface area contributed by atoms with Crippen molar-refractivity contribution in [2.45, 2.75) is 6.18 Å². The van der Waals surface area contributed by atoms with Gasteiger partial charge in [-0.05, 0) is 12.1 Å². The summed E-state index contributed by atoms with van der Waals surface area (Å²) in [5.41, 5.74) is 0. The molecule has 1 aromatic rings. The van der Waals surface area contributed by atoms with Gasteiger partial charge in [0.2, 0.25) is 5.91 Å². The predicted octanol–water partition coefficient (Wildman–Crippen LogP) is 0.716. The van der Waals surface area contributed by atoms with E-state index in [0.29, 0.717) is 26.2 Å². The number of alkyl halides is 3. The summed E-state index contributed by atoms with van der Waals surface area (Å²) in [5.74, 6) is -0.661. The Bertz CT molecular complexity index is 508. The smallest absolute Gasteiger partial charge is 0.405 e. The molecule has 122 valence electrons. The first-order chi connectivity index (χ1) is 10.3. The topological polar surface area (TPSA) is 65.8 Å². The summed E-state index contributed by atoms with van der Waals surface area (Å²) in [6.45, 7) is 0.192. The summed E-state index contributed by atoms with van der Waals surface area (Å²) in [4.78, 5) is 26.7. The molecule has 1 N–H and O–H groups in total. The van der Waals surface area contributed by atoms with E-state index in [1.807, 2.05) is 5.32 Å². The van der Waals surface area contributed by atoms with Crippen molar-refractivity contribution in [3.05, 3.63) is 24.2 Å². The molecule has 1 aliphatic heterocycles. The Morgan fingerprint density at radius 2 is 1.91 bits per heavy atom. The summed E-state index contributed by atoms with van der Waals surface area (Å²) in [6, 6.07) is 3.19. The molecule has 1 saturated heterocycles. The molecule has 2 heterocycles. The van der Waals surface area contributed by atoms with E-state index < -0.39 is 18.6 Å². The fourth-order valence-corrected chi connectivity index (χ4v) is 2.12. The van der Waals surface area contributed by atoms with Gasteiger partial charge in [-0.1, -0.05) is 0 Å². The van der Waals surface area contributed by atoms with Crippen molar-refractivity contribution in [1.29, 1.82) is 0 Å². The Hall–Kier alpha value is -2.03. The highest BCUT2D eigenvalue weighted by molar-refractivity contribution is 5.91. The van der Waals surface area contributed by atoms with Crippen LogP contribution in [0.15, 0.2) is 22.8 Å². The molecule has 0 atom stereocenters. The minimum Gasteiger partial charge on any atom is -0.459 e. The van der Waals surface area contributed by atoms with Crippen molar-refractivity contribution >= 4 is 11.8 Å². The molecule has 1 aromatic heterocycles. The molecule has 0 aliphatic carbocycles. The Morgan fingerprint density at radius 3 is 2.45 bits per heavy atom. The Morgan fingerprint density at radius 1 is 1.23 bits per heavy atom. The molecule has 0 radical (unpaired) electrons. The van der Waals surface area contributed by atoms with E-state index in [1.165, 1.54) is 6.26 Å². The highest BCUT2D eigenvalue weighted by Crippen LogP contribution is 2.12. The summed E-state index contributed by atoms with van der Waals surface area (Å²) in [7, 11) is 0. The van der Waals surface area contributed by atoms with Crippen molar-refractivity contribution in [3.8, 4) is 0 Å². The molecule has 6 nitrogen and oxygen atoms in total. The minimum atomic E-state index is -4.41. The van der Waals surface area contributed by atoms with Crippen LogP contribution in [0.4, 0.5) is 13.2 Å². The van der Waals surface area contributed by atoms with Crippen molar-refractivity contribution in [3.63, 3.8) is 0 Å². The molecule has 9 heteroatoms. The van der Waals surface area contributed by atoms with Crippen LogP contribution >= 0.6 is 0 Å². The van der Waals surface area contributed by atoms with Crippen LogP contribution in [-0.4, -0.2) is 67.1 Å². The maximum absolute atomic E-state index is 12.0. The van der Waals surface area contributed by atoms with Gasteiger partial charge in [0, 0.05) is 26.2 Å². The third-order valence-electron chi connectivity index (χ3n) is 3.24. The zero-order valence-electron chi connectivity index (χ0n) is 11.7. The number of nitrogens with zero attached hydrogens (tertiary/aromatic N) is 2. The molecule has 0 unspecified atom stereocenters. The average Bonchev–Trinajstić information content (AvgIpc) is 2.99. The number of amides is 2. The number of rotatable bonds is 4. The van der Waals surface area contributed by atoms with Crippen LogP contribution in [0, 0.1) is 0 Å². The first-order valence-electron chi connectivity index (χ1n) is 6.74. The molecular weight excluding hydrogens is 303 g/mol. The van der Waals surface area contributed by atoms with Crippen LogP contribution < -0.4 is 5.32 Å². The number of piperazine rings is 1. The van der Waals surface area contributed by atoms with E-state index in [-0.39, 0.29) is 18.2 Å². The fourth-order valence-electron chi connectivity index (χ4n) is 2.12. The highest BCUT2D eigenvalue weighted by atomic mass is 19.4. The van der Waals surface area contributed by atoms with Gasteiger partial charge in [-0.3, -0.25) is 14.5 Å². The van der Waals surface area contributed by atoms with Crippen molar-refractivity contribution in [2.24, 2.45) is 0 Å². The number of nitrogens with one attached hydrogen (secondary N) is 1. The van der Waals surface area contributed by atoms with Crippen LogP contribution in [-0.2, 0) is 4.79 Å². The maximum Gasteiger partial charge on any atom is 0.405 e. The van der Waals surface area contributed by atoms with Gasteiger partial charge in [-0.25, -0.2) is 0 Å². The van der Waals surface area contributed by atoms with Gasteiger partial charge in [0.1, 0.15) is 6.54 Å². The SMILES string of the molecule is O=C(CN1CCN(C(=O)c2ccco2)CC1)NCC(F)(F)F. The fraction of sp³-hybridized carbons (Fsp3) is 0.538. The number of halogens is 3. The lowest BCUT2D eigenvalue weighted by atomic mass is 10.3. The lowest BCUT2D eigenvalue weighted by molar-refractivity contribution is -0.139. The van der Waals surface area contributed by atoms with E-state index in [9.17, 15) is 22.8 Å². The normalized spacial score (nSPS) is 16.6. The summed E-state index contributed by atoms with van der Waals surface area (Å²) in [5, 5.41) is 1.83. The van der Waals surface area contributed by atoms with Crippen LogP contribution in [0.1, 0.15) is 10.6 Å². The molecule has 2 rings (SSSR count). The van der Waals surface area contributed by atoms with Gasteiger partial charge in [0.25, 0.3) is 5.91 Å². The number of furan rings is 1. The second-order valence-electron chi connectivity index (χ2n) is 4.94. The van der Waals surface area contributed by atoms with Crippen LogP contribution in [0.25, 0.3) is 0 Å². The quantitative estimate of drug-likeness (QED) is 0.888. The molecule has 22 heavy (non-hydrogen) atoms. The molecule has 2 amide bonds. The maximum atomic E-state index is 12.0. The average molecular weight is 319 g/mol. The van der Waals surface area contributed by atoms with Crippen LogP contribution in [0.5, 0.6) is 0 Å². The van der Waals surface area contributed by atoms with Gasteiger partial charge in [-0.15, -0.1) is 0 Å². The van der Waals surface area contributed by atoms with E-state index in [2.05, 4.69) is 0 Å². The zero-order valence-corrected chi connectivity index (χ0v) is 11.7. The number of carbonyl (C=O) groups is 2. The largest absolute Gasteiger partial charge is 0.459 e. The molecule has 0 spiro atoms. The van der Waals surface area contributed by atoms with Crippen molar-refractivity contribution < 1.29 is 27.2 Å². The van der Waals surface area contributed by atoms with E-state index in [4.69, 9.17) is 4.42 Å². The second kappa shape index (κ2) is 6.82. The highest BCUT2D eigenvalue weighted by Gasteiger charge is 2.29. The minimum absolute atomic E-state index is 0.112. The van der Waals surface area contributed by atoms with Gasteiger partial charge in [-0.2, -0.15) is 13.2 Å². The van der Waals surface area contributed by atoms with Gasteiger partial charge < -0.3 is 14.6 Å².